The minimum Gasteiger partial charge on any atom is -0.396 e. The predicted molar refractivity (Wildman–Crippen MR) is 93.9 cm³/mol. The molecule has 0 saturated heterocycles. The van der Waals surface area contributed by atoms with Gasteiger partial charge in [0.15, 0.2) is 0 Å². The van der Waals surface area contributed by atoms with Gasteiger partial charge in [-0.25, -0.2) is 0 Å². The number of pyridine rings is 1. The molecule has 0 spiro atoms. The van der Waals surface area contributed by atoms with E-state index in [9.17, 15) is 4.79 Å². The smallest absolute Gasteiger partial charge is 0.251 e. The average Bonchev–Trinajstić information content (AvgIpc) is 3.04. The van der Waals surface area contributed by atoms with Crippen LogP contribution in [0.5, 0.6) is 0 Å². The lowest BCUT2D eigenvalue weighted by Gasteiger charge is -2.06. The third-order valence-corrected chi connectivity index (χ3v) is 3.85. The summed E-state index contributed by atoms with van der Waals surface area (Å²) in [5, 5.41) is 15.7. The number of amides is 1. The summed E-state index contributed by atoms with van der Waals surface area (Å²) in [4.78, 5) is 16.2. The first-order valence-corrected chi connectivity index (χ1v) is 8.07. The number of aromatic nitrogens is 2. The maximum atomic E-state index is 12.0. The van der Waals surface area contributed by atoms with Gasteiger partial charge < -0.3 is 14.9 Å². The molecule has 0 fully saturated rings. The standard InChI is InChI=1S/C19H19N3O3/c1-13-17(18(22-25-13)16-4-2-9-20-12-16)14-5-7-15(8-6-14)19(24)21-10-3-11-23/h2,4-9,12,23H,3,10-11H2,1H3,(H,21,24). The fourth-order valence-electron chi connectivity index (χ4n) is 2.58. The fourth-order valence-corrected chi connectivity index (χ4v) is 2.58. The third kappa shape index (κ3) is 3.75. The second-order valence-corrected chi connectivity index (χ2v) is 5.61. The van der Waals surface area contributed by atoms with Crippen LogP contribution in [-0.2, 0) is 0 Å². The fraction of sp³-hybridized carbons (Fsp3) is 0.211. The molecule has 2 heterocycles. The normalized spacial score (nSPS) is 10.6. The molecule has 1 amide bonds. The SMILES string of the molecule is Cc1onc(-c2cccnc2)c1-c1ccc(C(=O)NCCCO)cc1. The summed E-state index contributed by atoms with van der Waals surface area (Å²) in [5.41, 5.74) is 3.98. The van der Waals surface area contributed by atoms with E-state index >= 15 is 0 Å². The van der Waals surface area contributed by atoms with Crippen LogP contribution in [0, 0.1) is 6.92 Å². The number of carbonyl (C=O) groups excluding carboxylic acids is 1. The number of aliphatic hydroxyl groups is 1. The first-order chi connectivity index (χ1) is 12.2. The Morgan fingerprint density at radius 3 is 2.68 bits per heavy atom. The molecule has 6 nitrogen and oxygen atoms in total. The first kappa shape index (κ1) is 16.9. The molecule has 1 aromatic carbocycles. The van der Waals surface area contributed by atoms with E-state index in [4.69, 9.17) is 9.63 Å². The quantitative estimate of drug-likeness (QED) is 0.675. The van der Waals surface area contributed by atoms with E-state index in [2.05, 4.69) is 15.5 Å². The number of nitrogens with one attached hydrogen (secondary N) is 1. The Morgan fingerprint density at radius 2 is 2.00 bits per heavy atom. The zero-order valence-corrected chi connectivity index (χ0v) is 13.9. The number of hydrogen-bond acceptors (Lipinski definition) is 5. The minimum absolute atomic E-state index is 0.0586. The number of nitrogens with zero attached hydrogens (tertiary/aromatic N) is 2. The number of aryl methyl sites for hydroxylation is 1. The van der Waals surface area contributed by atoms with Gasteiger partial charge in [-0.2, -0.15) is 0 Å². The molecule has 3 aromatic rings. The molecule has 3 rings (SSSR count). The summed E-state index contributed by atoms with van der Waals surface area (Å²) < 4.78 is 5.37. The van der Waals surface area contributed by atoms with E-state index < -0.39 is 0 Å². The van der Waals surface area contributed by atoms with Gasteiger partial charge in [-0.05, 0) is 43.2 Å². The summed E-state index contributed by atoms with van der Waals surface area (Å²) in [6.07, 6.45) is 3.99. The van der Waals surface area contributed by atoms with Gasteiger partial charge in [-0.1, -0.05) is 17.3 Å². The zero-order chi connectivity index (χ0) is 17.6. The second-order valence-electron chi connectivity index (χ2n) is 5.61. The summed E-state index contributed by atoms with van der Waals surface area (Å²) in [5.74, 6) is 0.550. The molecule has 0 aliphatic rings. The number of aliphatic hydroxyl groups excluding tert-OH is 1. The van der Waals surface area contributed by atoms with Crippen molar-refractivity contribution in [2.45, 2.75) is 13.3 Å². The van der Waals surface area contributed by atoms with Crippen LogP contribution in [0.15, 0.2) is 53.3 Å². The van der Waals surface area contributed by atoms with Crippen molar-refractivity contribution in [3.8, 4) is 22.4 Å². The highest BCUT2D eigenvalue weighted by Crippen LogP contribution is 2.33. The maximum absolute atomic E-state index is 12.0. The van der Waals surface area contributed by atoms with Gasteiger partial charge >= 0.3 is 0 Å². The Kier molecular flexibility index (Phi) is 5.20. The lowest BCUT2D eigenvalue weighted by molar-refractivity contribution is 0.0951. The van der Waals surface area contributed by atoms with Crippen LogP contribution in [0.1, 0.15) is 22.5 Å². The molecule has 0 bridgehead atoms. The van der Waals surface area contributed by atoms with Crippen molar-refractivity contribution < 1.29 is 14.4 Å². The lowest BCUT2D eigenvalue weighted by atomic mass is 9.99. The molecule has 128 valence electrons. The van der Waals surface area contributed by atoms with Crippen molar-refractivity contribution in [2.75, 3.05) is 13.2 Å². The lowest BCUT2D eigenvalue weighted by Crippen LogP contribution is -2.24. The Bertz CT molecular complexity index is 842. The van der Waals surface area contributed by atoms with E-state index in [0.717, 1.165) is 22.4 Å². The molecule has 0 unspecified atom stereocenters. The average molecular weight is 337 g/mol. The van der Waals surface area contributed by atoms with E-state index in [1.165, 1.54) is 0 Å². The van der Waals surface area contributed by atoms with Gasteiger partial charge in [-0.3, -0.25) is 9.78 Å². The van der Waals surface area contributed by atoms with E-state index in [1.807, 2.05) is 31.2 Å². The summed E-state index contributed by atoms with van der Waals surface area (Å²) in [6, 6.07) is 11.1. The number of rotatable bonds is 6. The Hall–Kier alpha value is -2.99. The van der Waals surface area contributed by atoms with Crippen LogP contribution < -0.4 is 5.32 Å². The molecule has 6 heteroatoms. The monoisotopic (exact) mass is 337 g/mol. The van der Waals surface area contributed by atoms with Crippen LogP contribution in [0.3, 0.4) is 0 Å². The molecular formula is C19H19N3O3. The van der Waals surface area contributed by atoms with E-state index in [-0.39, 0.29) is 12.5 Å². The highest BCUT2D eigenvalue weighted by Gasteiger charge is 2.17. The Morgan fingerprint density at radius 1 is 1.20 bits per heavy atom. The topological polar surface area (TPSA) is 88.2 Å². The van der Waals surface area contributed by atoms with Gasteiger partial charge in [0.1, 0.15) is 11.5 Å². The molecule has 2 aromatic heterocycles. The highest BCUT2D eigenvalue weighted by atomic mass is 16.5. The predicted octanol–water partition coefficient (Wildman–Crippen LogP) is 2.82. The van der Waals surface area contributed by atoms with Gasteiger partial charge in [-0.15, -0.1) is 0 Å². The summed E-state index contributed by atoms with van der Waals surface area (Å²) in [6.45, 7) is 2.37. The van der Waals surface area contributed by atoms with Crippen LogP contribution in [-0.4, -0.2) is 34.3 Å². The Labute approximate surface area is 145 Å². The first-order valence-electron chi connectivity index (χ1n) is 8.07. The molecule has 0 radical (unpaired) electrons. The van der Waals surface area contributed by atoms with Crippen LogP contribution >= 0.6 is 0 Å². The van der Waals surface area contributed by atoms with E-state index in [1.54, 1.807) is 24.5 Å². The third-order valence-electron chi connectivity index (χ3n) is 3.85. The van der Waals surface area contributed by atoms with E-state index in [0.29, 0.717) is 24.3 Å². The molecule has 0 atom stereocenters. The van der Waals surface area contributed by atoms with Crippen LogP contribution in [0.4, 0.5) is 0 Å². The van der Waals surface area contributed by atoms with Gasteiger partial charge in [0, 0.05) is 36.7 Å². The van der Waals surface area contributed by atoms with Crippen molar-refractivity contribution in [2.24, 2.45) is 0 Å². The molecule has 0 aliphatic heterocycles. The van der Waals surface area contributed by atoms with Crippen LogP contribution in [0.25, 0.3) is 22.4 Å². The largest absolute Gasteiger partial charge is 0.396 e. The summed E-state index contributed by atoms with van der Waals surface area (Å²) >= 11 is 0. The maximum Gasteiger partial charge on any atom is 0.251 e. The molecular weight excluding hydrogens is 318 g/mol. The van der Waals surface area contributed by atoms with Crippen molar-refractivity contribution in [1.82, 2.24) is 15.5 Å². The second kappa shape index (κ2) is 7.72. The summed E-state index contributed by atoms with van der Waals surface area (Å²) in [7, 11) is 0. The molecule has 25 heavy (non-hydrogen) atoms. The highest BCUT2D eigenvalue weighted by molar-refractivity contribution is 5.95. The van der Waals surface area contributed by atoms with Crippen LogP contribution in [0.2, 0.25) is 0 Å². The number of carbonyl (C=O) groups is 1. The molecule has 0 saturated carbocycles. The van der Waals surface area contributed by atoms with Gasteiger partial charge in [0.2, 0.25) is 0 Å². The van der Waals surface area contributed by atoms with Crippen molar-refractivity contribution >= 4 is 5.91 Å². The van der Waals surface area contributed by atoms with Crippen molar-refractivity contribution in [1.29, 1.82) is 0 Å². The Balaban J connectivity index is 1.86. The number of benzene rings is 1. The minimum atomic E-state index is -0.158. The van der Waals surface area contributed by atoms with Crippen molar-refractivity contribution in [3.63, 3.8) is 0 Å². The zero-order valence-electron chi connectivity index (χ0n) is 13.9. The van der Waals surface area contributed by atoms with Gasteiger partial charge in [0.25, 0.3) is 5.91 Å². The molecule has 0 aliphatic carbocycles. The van der Waals surface area contributed by atoms with Crippen molar-refractivity contribution in [3.05, 3.63) is 60.1 Å². The molecule has 2 N–H and O–H groups in total. The van der Waals surface area contributed by atoms with Gasteiger partial charge in [0.05, 0.1) is 5.56 Å². The number of hydrogen-bond donors (Lipinski definition) is 2.